The van der Waals surface area contributed by atoms with Crippen LogP contribution in [0.25, 0.3) is 0 Å². The molecule has 20 heavy (non-hydrogen) atoms. The van der Waals surface area contributed by atoms with Gasteiger partial charge in [-0.1, -0.05) is 23.2 Å². The second-order valence-corrected chi connectivity index (χ2v) is 8.73. The number of thiazole rings is 1. The molecule has 0 bridgehead atoms. The maximum atomic E-state index is 12.2. The molecule has 108 valence electrons. The minimum atomic E-state index is -4.08. The number of anilines is 1. The van der Waals surface area contributed by atoms with E-state index in [-0.39, 0.29) is 28.7 Å². The van der Waals surface area contributed by atoms with E-state index in [0.29, 0.717) is 0 Å². The number of nitrogens with zero attached hydrogens (tertiary/aromatic N) is 1. The van der Waals surface area contributed by atoms with Gasteiger partial charge in [-0.2, -0.15) is 0 Å². The summed E-state index contributed by atoms with van der Waals surface area (Å²) in [6.45, 7) is 0. The van der Waals surface area contributed by atoms with Gasteiger partial charge in [-0.3, -0.25) is 4.72 Å². The molecule has 0 unspecified atom stereocenters. The molecule has 6 nitrogen and oxygen atoms in total. The summed E-state index contributed by atoms with van der Waals surface area (Å²) in [7, 11) is -4.08. The molecule has 0 saturated carbocycles. The molecule has 2 rings (SSSR count). The first-order valence-corrected chi connectivity index (χ1v) is 9.29. The molecule has 0 amide bonds. The first-order chi connectivity index (χ1) is 9.24. The molecule has 0 atom stereocenters. The maximum Gasteiger partial charge on any atom is 0.357 e. The summed E-state index contributed by atoms with van der Waals surface area (Å²) in [5, 5.41) is 8.78. The van der Waals surface area contributed by atoms with E-state index in [1.807, 2.05) is 0 Å². The summed E-state index contributed by atoms with van der Waals surface area (Å²) >= 11 is 16.4. The number of aromatic carboxylic acids is 1. The van der Waals surface area contributed by atoms with Crippen molar-refractivity contribution in [1.82, 2.24) is 4.98 Å². The van der Waals surface area contributed by atoms with Crippen LogP contribution in [-0.2, 0) is 10.0 Å². The number of carboxylic acids is 1. The van der Waals surface area contributed by atoms with Gasteiger partial charge < -0.3 is 5.11 Å². The number of carboxylic acid groups (broad SMARTS) is 1. The summed E-state index contributed by atoms with van der Waals surface area (Å²) in [4.78, 5) is 14.2. The van der Waals surface area contributed by atoms with Crippen molar-refractivity contribution in [3.63, 3.8) is 0 Å². The van der Waals surface area contributed by atoms with Crippen LogP contribution in [0.2, 0.25) is 8.67 Å². The first-order valence-electron chi connectivity index (χ1n) is 4.57. The van der Waals surface area contributed by atoms with Crippen LogP contribution in [0.5, 0.6) is 0 Å². The number of sulfonamides is 1. The largest absolute Gasteiger partial charge is 0.476 e. The SMILES string of the molecule is O=C(O)c1ncsc1NS(=O)(=O)c1c(Cl)sc(Cl)c1Br. The summed E-state index contributed by atoms with van der Waals surface area (Å²) in [5.41, 5.74) is 0.839. The van der Waals surface area contributed by atoms with E-state index in [9.17, 15) is 13.2 Å². The minimum Gasteiger partial charge on any atom is -0.476 e. The van der Waals surface area contributed by atoms with Crippen molar-refractivity contribution in [1.29, 1.82) is 0 Å². The van der Waals surface area contributed by atoms with Crippen LogP contribution in [0.1, 0.15) is 10.5 Å². The third kappa shape index (κ3) is 2.95. The quantitative estimate of drug-likeness (QED) is 0.758. The molecule has 0 aromatic carbocycles. The summed E-state index contributed by atoms with van der Waals surface area (Å²) in [6, 6.07) is 0. The monoisotopic (exact) mass is 436 g/mol. The third-order valence-electron chi connectivity index (χ3n) is 2.00. The minimum absolute atomic E-state index is 0.0317. The molecule has 0 spiro atoms. The molecule has 2 aromatic rings. The number of hydrogen-bond acceptors (Lipinski definition) is 6. The van der Waals surface area contributed by atoms with Crippen LogP contribution >= 0.6 is 61.8 Å². The molecule has 0 saturated heterocycles. The zero-order valence-electron chi connectivity index (χ0n) is 9.06. The Morgan fingerprint density at radius 1 is 1.40 bits per heavy atom. The first kappa shape index (κ1) is 16.0. The number of carbonyl (C=O) groups is 1. The molecule has 0 aliphatic heterocycles. The summed E-state index contributed by atoms with van der Waals surface area (Å²) in [6.07, 6.45) is 0. The fourth-order valence-electron chi connectivity index (χ4n) is 1.21. The molecule has 2 heterocycles. The van der Waals surface area contributed by atoms with Crippen LogP contribution in [-0.4, -0.2) is 24.5 Å². The fourth-order valence-corrected chi connectivity index (χ4v) is 6.76. The highest BCUT2D eigenvalue weighted by molar-refractivity contribution is 9.10. The predicted molar refractivity (Wildman–Crippen MR) is 81.9 cm³/mol. The van der Waals surface area contributed by atoms with Crippen LogP contribution in [0.15, 0.2) is 14.9 Å². The second kappa shape index (κ2) is 5.78. The lowest BCUT2D eigenvalue weighted by atomic mass is 10.5. The normalized spacial score (nSPS) is 11.6. The molecule has 0 aliphatic carbocycles. The van der Waals surface area contributed by atoms with Crippen LogP contribution in [0.3, 0.4) is 0 Å². The van der Waals surface area contributed by atoms with E-state index < -0.39 is 16.0 Å². The van der Waals surface area contributed by atoms with Gasteiger partial charge in [-0.15, -0.1) is 22.7 Å². The van der Waals surface area contributed by atoms with E-state index in [1.165, 1.54) is 5.51 Å². The fraction of sp³-hybridized carbons (Fsp3) is 0. The Bertz CT molecular complexity index is 786. The average molecular weight is 438 g/mol. The Hall–Kier alpha value is -0.390. The van der Waals surface area contributed by atoms with Gasteiger partial charge in [0.1, 0.15) is 18.6 Å². The van der Waals surface area contributed by atoms with Crippen molar-refractivity contribution in [2.75, 3.05) is 4.72 Å². The summed E-state index contributed by atoms with van der Waals surface area (Å²) < 4.78 is 26.9. The van der Waals surface area contributed by atoms with E-state index in [0.717, 1.165) is 22.7 Å². The van der Waals surface area contributed by atoms with Crippen molar-refractivity contribution in [2.45, 2.75) is 4.90 Å². The highest BCUT2D eigenvalue weighted by Gasteiger charge is 2.28. The molecular formula is C8H3BrCl2N2O4S3. The zero-order chi connectivity index (χ0) is 15.1. The van der Waals surface area contributed by atoms with Crippen molar-refractivity contribution in [3.05, 3.63) is 24.3 Å². The van der Waals surface area contributed by atoms with Crippen molar-refractivity contribution in [3.8, 4) is 0 Å². The second-order valence-electron chi connectivity index (χ2n) is 3.23. The highest BCUT2D eigenvalue weighted by atomic mass is 79.9. The molecule has 0 radical (unpaired) electrons. The Kier molecular flexibility index (Phi) is 4.62. The van der Waals surface area contributed by atoms with Gasteiger partial charge in [0.25, 0.3) is 10.0 Å². The number of halogens is 3. The highest BCUT2D eigenvalue weighted by Crippen LogP contribution is 2.43. The van der Waals surface area contributed by atoms with Crippen LogP contribution in [0.4, 0.5) is 5.00 Å². The standard InChI is InChI=1S/C8H3BrCl2N2O4S3/c9-2-4(6(11)19-5(2)10)20(16,17)13-7-3(8(14)15)12-1-18-7/h1,13H,(H,14,15). The molecule has 0 fully saturated rings. The van der Waals surface area contributed by atoms with Gasteiger partial charge in [0.05, 0.1) is 9.98 Å². The van der Waals surface area contributed by atoms with Gasteiger partial charge in [0, 0.05) is 0 Å². The van der Waals surface area contributed by atoms with Crippen molar-refractivity contribution in [2.24, 2.45) is 0 Å². The number of rotatable bonds is 4. The number of thiophene rings is 1. The van der Waals surface area contributed by atoms with Gasteiger partial charge in [-0.25, -0.2) is 18.2 Å². The Labute approximate surface area is 139 Å². The molecular weight excluding hydrogens is 435 g/mol. The Balaban J connectivity index is 2.46. The molecule has 12 heteroatoms. The Morgan fingerprint density at radius 2 is 2.05 bits per heavy atom. The molecule has 2 N–H and O–H groups in total. The average Bonchev–Trinajstić information content (AvgIpc) is 2.84. The lowest BCUT2D eigenvalue weighted by Crippen LogP contribution is -2.14. The van der Waals surface area contributed by atoms with Crippen LogP contribution < -0.4 is 4.72 Å². The van der Waals surface area contributed by atoms with E-state index in [1.54, 1.807) is 0 Å². The topological polar surface area (TPSA) is 96.4 Å². The van der Waals surface area contributed by atoms with E-state index >= 15 is 0 Å². The zero-order valence-corrected chi connectivity index (χ0v) is 14.6. The smallest absolute Gasteiger partial charge is 0.357 e. The summed E-state index contributed by atoms with van der Waals surface area (Å²) in [5.74, 6) is -1.34. The lowest BCUT2D eigenvalue weighted by molar-refractivity contribution is 0.0692. The number of hydrogen-bond donors (Lipinski definition) is 2. The van der Waals surface area contributed by atoms with Gasteiger partial charge >= 0.3 is 5.97 Å². The van der Waals surface area contributed by atoms with E-state index in [4.69, 9.17) is 28.3 Å². The predicted octanol–water partition coefficient (Wildman–Crippen LogP) is 3.77. The lowest BCUT2D eigenvalue weighted by Gasteiger charge is -2.06. The molecule has 2 aromatic heterocycles. The third-order valence-corrected chi connectivity index (χ3v) is 7.68. The van der Waals surface area contributed by atoms with Crippen LogP contribution in [0, 0.1) is 0 Å². The Morgan fingerprint density at radius 3 is 2.55 bits per heavy atom. The maximum absolute atomic E-state index is 12.2. The molecule has 0 aliphatic rings. The van der Waals surface area contributed by atoms with Gasteiger partial charge in [0.2, 0.25) is 0 Å². The van der Waals surface area contributed by atoms with Crippen molar-refractivity contribution < 1.29 is 18.3 Å². The number of nitrogens with one attached hydrogen (secondary N) is 1. The van der Waals surface area contributed by atoms with Gasteiger partial charge in [0.15, 0.2) is 5.69 Å². The number of aromatic nitrogens is 1. The van der Waals surface area contributed by atoms with Crippen molar-refractivity contribution >= 4 is 82.8 Å². The van der Waals surface area contributed by atoms with E-state index in [2.05, 4.69) is 25.6 Å². The van der Waals surface area contributed by atoms with Gasteiger partial charge in [-0.05, 0) is 15.9 Å².